The Hall–Kier alpha value is -3.12. The smallest absolute Gasteiger partial charge is 0.160 e. The third kappa shape index (κ3) is 1.81. The quantitative estimate of drug-likeness (QED) is 0.351. The van der Waals surface area contributed by atoms with E-state index in [9.17, 15) is 0 Å². The van der Waals surface area contributed by atoms with Gasteiger partial charge in [-0.05, 0) is 35.9 Å². The molecular formula is C26H24N2O. The van der Waals surface area contributed by atoms with Crippen LogP contribution in [0.1, 0.15) is 33.3 Å². The summed E-state index contributed by atoms with van der Waals surface area (Å²) in [6, 6.07) is 23.4. The maximum atomic E-state index is 6.46. The Bertz CT molecular complexity index is 1300. The Kier molecular flexibility index (Phi) is 2.94. The lowest BCUT2D eigenvalue weighted by Gasteiger charge is -2.56. The standard InChI is InChI=1S/C26H24N2O/c1-25(2)18-15-14-17-16-10-6-9-13-21(16)29-23(17)22(18)28-20-12-8-7-11-19(20)27(5)24(28)26(25,3)4/h7-9,11-15,24H,1-5H3. The zero-order valence-electron chi connectivity index (χ0n) is 17.5. The minimum Gasteiger partial charge on any atom is -0.453 e. The van der Waals surface area contributed by atoms with Crippen LogP contribution >= 0.6 is 0 Å². The monoisotopic (exact) mass is 380 g/mol. The number of hydrogen-bond donors (Lipinski definition) is 0. The summed E-state index contributed by atoms with van der Waals surface area (Å²) in [6.45, 7) is 9.52. The van der Waals surface area contributed by atoms with Crippen molar-refractivity contribution in [2.24, 2.45) is 5.41 Å². The average molecular weight is 380 g/mol. The molecule has 0 bridgehead atoms. The molecule has 1 atom stereocenters. The number of anilines is 3. The molecule has 1 unspecified atom stereocenters. The van der Waals surface area contributed by atoms with Crippen LogP contribution in [0.5, 0.6) is 0 Å². The molecule has 3 heteroatoms. The van der Waals surface area contributed by atoms with E-state index in [1.54, 1.807) is 0 Å². The van der Waals surface area contributed by atoms with Crippen LogP contribution in [-0.2, 0) is 5.41 Å². The molecule has 3 aromatic carbocycles. The number of fused-ring (bicyclic) bond motifs is 9. The summed E-state index contributed by atoms with van der Waals surface area (Å²) in [5.41, 5.74) is 6.82. The maximum absolute atomic E-state index is 6.46. The zero-order valence-corrected chi connectivity index (χ0v) is 17.5. The molecule has 0 saturated heterocycles. The van der Waals surface area contributed by atoms with Crippen LogP contribution in [0.4, 0.5) is 17.1 Å². The molecule has 2 aliphatic heterocycles. The van der Waals surface area contributed by atoms with Crippen LogP contribution < -0.4 is 9.80 Å². The Labute approximate surface area is 171 Å². The average Bonchev–Trinajstić information content (AvgIpc) is 3.22. The Morgan fingerprint density at radius 3 is 2.52 bits per heavy atom. The molecule has 3 nitrogen and oxygen atoms in total. The molecule has 0 spiro atoms. The first kappa shape index (κ1) is 16.8. The van der Waals surface area contributed by atoms with Crippen LogP contribution in [0.2, 0.25) is 0 Å². The third-order valence-electron chi connectivity index (χ3n) is 7.68. The van der Waals surface area contributed by atoms with Crippen LogP contribution in [0.15, 0.2) is 52.9 Å². The van der Waals surface area contributed by atoms with Crippen LogP contribution in [-0.4, -0.2) is 13.2 Å². The van der Waals surface area contributed by atoms with E-state index >= 15 is 0 Å². The van der Waals surface area contributed by atoms with E-state index in [0.29, 0.717) is 0 Å². The van der Waals surface area contributed by atoms with Crippen molar-refractivity contribution in [3.63, 3.8) is 0 Å². The van der Waals surface area contributed by atoms with Gasteiger partial charge >= 0.3 is 0 Å². The number of benzene rings is 2. The molecule has 4 aromatic rings. The Balaban J connectivity index is 1.79. The lowest BCUT2D eigenvalue weighted by molar-refractivity contribution is 0.143. The predicted octanol–water partition coefficient (Wildman–Crippen LogP) is 6.42. The molecule has 3 heterocycles. The van der Waals surface area contributed by atoms with Crippen molar-refractivity contribution in [2.75, 3.05) is 16.8 Å². The Morgan fingerprint density at radius 2 is 1.72 bits per heavy atom. The fourth-order valence-electron chi connectivity index (χ4n) is 5.51. The molecular weight excluding hydrogens is 356 g/mol. The fraction of sp³-hybridized carbons (Fsp3) is 0.308. The highest BCUT2D eigenvalue weighted by atomic mass is 16.3. The minimum absolute atomic E-state index is 0.00731. The summed E-state index contributed by atoms with van der Waals surface area (Å²) >= 11 is 0. The van der Waals surface area contributed by atoms with Crippen LogP contribution in [0.25, 0.3) is 21.9 Å². The molecule has 6 rings (SSSR count). The van der Waals surface area contributed by atoms with Gasteiger partial charge in [-0.2, -0.15) is 0 Å². The second-order valence-corrected chi connectivity index (χ2v) is 9.47. The molecule has 2 aliphatic rings. The van der Waals surface area contributed by atoms with E-state index in [-0.39, 0.29) is 17.0 Å². The normalized spacial score (nSPS) is 21.1. The fourth-order valence-corrected chi connectivity index (χ4v) is 5.51. The molecule has 0 amide bonds. The van der Waals surface area contributed by atoms with Crippen LogP contribution in [0, 0.1) is 17.5 Å². The van der Waals surface area contributed by atoms with Gasteiger partial charge < -0.3 is 14.2 Å². The third-order valence-corrected chi connectivity index (χ3v) is 7.68. The zero-order chi connectivity index (χ0) is 20.1. The first-order valence-corrected chi connectivity index (χ1v) is 10.2. The topological polar surface area (TPSA) is 19.6 Å². The number of hydrogen-bond acceptors (Lipinski definition) is 3. The summed E-state index contributed by atoms with van der Waals surface area (Å²) in [6.07, 6.45) is 0.205. The molecule has 29 heavy (non-hydrogen) atoms. The van der Waals surface area contributed by atoms with Gasteiger partial charge in [0.25, 0.3) is 0 Å². The van der Waals surface area contributed by atoms with E-state index in [1.807, 2.05) is 12.1 Å². The molecule has 0 aliphatic carbocycles. The number of rotatable bonds is 0. The van der Waals surface area contributed by atoms with Crippen molar-refractivity contribution in [2.45, 2.75) is 39.3 Å². The second kappa shape index (κ2) is 5.07. The number of nitrogens with zero attached hydrogens (tertiary/aromatic N) is 2. The summed E-state index contributed by atoms with van der Waals surface area (Å²) in [4.78, 5) is 4.94. The first-order valence-electron chi connectivity index (χ1n) is 10.2. The SMILES string of the molecule is CN1c2ccccc2N2c3c(ccc4c3oc3ccc#cc34)C(C)(C)C(C)(C)C12. The van der Waals surface area contributed by atoms with Gasteiger partial charge in [0, 0.05) is 23.3 Å². The first-order chi connectivity index (χ1) is 13.8. The molecule has 0 N–H and O–H groups in total. The summed E-state index contributed by atoms with van der Waals surface area (Å²) < 4.78 is 6.46. The van der Waals surface area contributed by atoms with Gasteiger partial charge in [0.15, 0.2) is 5.58 Å². The number of para-hydroxylation sites is 2. The molecule has 0 fully saturated rings. The summed E-state index contributed by atoms with van der Waals surface area (Å²) in [5, 5.41) is 2.11. The lowest BCUT2D eigenvalue weighted by atomic mass is 9.59. The summed E-state index contributed by atoms with van der Waals surface area (Å²) in [5.74, 6) is 0. The number of furan rings is 1. The van der Waals surface area contributed by atoms with Gasteiger partial charge in [0.2, 0.25) is 0 Å². The van der Waals surface area contributed by atoms with E-state index in [0.717, 1.165) is 21.9 Å². The van der Waals surface area contributed by atoms with Crippen molar-refractivity contribution in [1.29, 1.82) is 0 Å². The molecule has 1 aromatic heterocycles. The van der Waals surface area contributed by atoms with E-state index in [1.165, 1.54) is 22.6 Å². The minimum atomic E-state index is -0.0389. The highest BCUT2D eigenvalue weighted by Crippen LogP contribution is 2.61. The van der Waals surface area contributed by atoms with Crippen molar-refractivity contribution in [3.8, 4) is 0 Å². The van der Waals surface area contributed by atoms with Gasteiger partial charge in [0.05, 0.1) is 22.4 Å². The van der Waals surface area contributed by atoms with Crippen molar-refractivity contribution in [1.82, 2.24) is 0 Å². The van der Waals surface area contributed by atoms with Crippen LogP contribution in [0.3, 0.4) is 0 Å². The lowest BCUT2D eigenvalue weighted by Crippen LogP contribution is -2.60. The predicted molar refractivity (Wildman–Crippen MR) is 119 cm³/mol. The highest BCUT2D eigenvalue weighted by molar-refractivity contribution is 6.10. The summed E-state index contributed by atoms with van der Waals surface area (Å²) in [7, 11) is 2.22. The van der Waals surface area contributed by atoms with E-state index in [4.69, 9.17) is 4.42 Å². The van der Waals surface area contributed by atoms with E-state index < -0.39 is 0 Å². The van der Waals surface area contributed by atoms with Gasteiger partial charge in [-0.15, -0.1) is 0 Å². The molecule has 0 radical (unpaired) electrons. The van der Waals surface area contributed by atoms with E-state index in [2.05, 4.69) is 93.1 Å². The maximum Gasteiger partial charge on any atom is 0.160 e. The Morgan fingerprint density at radius 1 is 0.966 bits per heavy atom. The molecule has 144 valence electrons. The largest absolute Gasteiger partial charge is 0.453 e. The highest BCUT2D eigenvalue weighted by Gasteiger charge is 2.57. The molecule has 0 saturated carbocycles. The van der Waals surface area contributed by atoms with Crippen molar-refractivity contribution >= 4 is 39.0 Å². The van der Waals surface area contributed by atoms with Gasteiger partial charge in [-0.25, -0.2) is 0 Å². The van der Waals surface area contributed by atoms with Gasteiger partial charge in [-0.3, -0.25) is 0 Å². The second-order valence-electron chi connectivity index (χ2n) is 9.47. The van der Waals surface area contributed by atoms with Crippen molar-refractivity contribution in [3.05, 3.63) is 66.2 Å². The van der Waals surface area contributed by atoms with Crippen molar-refractivity contribution < 1.29 is 4.42 Å². The van der Waals surface area contributed by atoms with Gasteiger partial charge in [-0.1, -0.05) is 58.0 Å². The van der Waals surface area contributed by atoms with Gasteiger partial charge in [0.1, 0.15) is 11.7 Å².